The van der Waals surface area contributed by atoms with Crippen LogP contribution in [0.15, 0.2) is 121 Å². The number of benzene rings is 4. The Kier molecular flexibility index (Phi) is 16.1. The third-order valence-electron chi connectivity index (χ3n) is 8.09. The van der Waals surface area contributed by atoms with Gasteiger partial charge >= 0.3 is 137 Å². The average molecular weight is 807 g/mol. The second-order valence-electron chi connectivity index (χ2n) is 12.8. The van der Waals surface area contributed by atoms with E-state index in [4.69, 9.17) is 0 Å². The molecule has 264 valence electrons. The van der Waals surface area contributed by atoms with Crippen LogP contribution in [0.2, 0.25) is 0 Å². The number of allylic oxidation sites excluding steroid dienone is 4. The molecule has 1 atom stereocenters. The van der Waals surface area contributed by atoms with Gasteiger partial charge in [0.05, 0.1) is 0 Å². The minimum absolute atomic E-state index is 0. The molecule has 0 aromatic heterocycles. The summed E-state index contributed by atoms with van der Waals surface area (Å²) in [6.45, 7) is 9.03. The summed E-state index contributed by atoms with van der Waals surface area (Å²) in [5, 5.41) is 5.39. The first-order chi connectivity index (χ1) is 22.6. The van der Waals surface area contributed by atoms with E-state index in [2.05, 4.69) is 101 Å². The van der Waals surface area contributed by atoms with E-state index >= 15 is 0 Å². The first-order valence-electron chi connectivity index (χ1n) is 15.9. The van der Waals surface area contributed by atoms with Gasteiger partial charge in [-0.3, -0.25) is 6.08 Å². The monoisotopic (exact) mass is 804 g/mol. The van der Waals surface area contributed by atoms with Gasteiger partial charge in [-0.1, -0.05) is 94.7 Å². The van der Waals surface area contributed by atoms with Crippen LogP contribution < -0.4 is 24.8 Å². The summed E-state index contributed by atoms with van der Waals surface area (Å²) in [5.74, 6) is 0.592. The van der Waals surface area contributed by atoms with Gasteiger partial charge in [0.1, 0.15) is 0 Å². The van der Waals surface area contributed by atoms with Crippen molar-refractivity contribution in [2.24, 2.45) is 11.3 Å². The molecule has 0 nitrogen and oxygen atoms in total. The first kappa shape index (κ1) is 43.3. The fraction of sp³-hybridized carbons (Fsp3) is 0.268. The fourth-order valence-electron chi connectivity index (χ4n) is 5.29. The average Bonchev–Trinajstić information content (AvgIpc) is 3.69. The van der Waals surface area contributed by atoms with Gasteiger partial charge in [-0.05, 0) is 0 Å². The molecule has 5 aromatic carbocycles. The van der Waals surface area contributed by atoms with Gasteiger partial charge in [-0.2, -0.15) is 11.6 Å². The SMILES string of the molecule is CCCCC1[C-]=CC(C(C)(C)C)=C1.FC(F)(F)c1ccc([C](=[Zr+2])c2ccc(C(F)(F)F)cc2)cc1.[Cl-].[Cl-].c1ccc2c(c1)[cH-]c1ccccc12. The number of hydrogen-bond acceptors (Lipinski definition) is 0. The molecule has 0 amide bonds. The third kappa shape index (κ3) is 11.9. The molecule has 0 bridgehead atoms. The van der Waals surface area contributed by atoms with Crippen LogP contribution in [0.5, 0.6) is 0 Å². The Balaban J connectivity index is 0.000000268. The largest absolute Gasteiger partial charge is 1.00 e. The topological polar surface area (TPSA) is 0 Å². The molecule has 0 radical (unpaired) electrons. The molecular formula is C41H38Cl2F6Zr-2. The van der Waals surface area contributed by atoms with Crippen LogP contribution in [0.3, 0.4) is 0 Å². The molecule has 0 saturated carbocycles. The number of hydrogen-bond donors (Lipinski definition) is 0. The summed E-state index contributed by atoms with van der Waals surface area (Å²) in [5.41, 5.74) is 1.36. The summed E-state index contributed by atoms with van der Waals surface area (Å²) in [6.07, 6.45) is 3.06. The normalized spacial score (nSPS) is 14.1. The summed E-state index contributed by atoms with van der Waals surface area (Å²) in [4.78, 5) is 0. The zero-order valence-electron chi connectivity index (χ0n) is 28.2. The Hall–Kier alpha value is -2.86. The van der Waals surface area contributed by atoms with Crippen LogP contribution in [0.1, 0.15) is 69.2 Å². The van der Waals surface area contributed by atoms with E-state index in [1.165, 1.54) is 70.6 Å². The van der Waals surface area contributed by atoms with Crippen LogP contribution in [-0.2, 0) is 36.6 Å². The molecule has 0 spiro atoms. The van der Waals surface area contributed by atoms with Gasteiger partial charge < -0.3 is 24.8 Å². The summed E-state index contributed by atoms with van der Waals surface area (Å²) in [7, 11) is 0. The number of unbranched alkanes of at least 4 members (excludes halogenated alkanes) is 1. The number of alkyl halides is 6. The zero-order chi connectivity index (χ0) is 35.1. The van der Waals surface area contributed by atoms with Crippen molar-refractivity contribution >= 4 is 24.8 Å². The Morgan fingerprint density at radius 1 is 0.680 bits per heavy atom. The Bertz CT molecular complexity index is 1760. The molecule has 0 saturated heterocycles. The van der Waals surface area contributed by atoms with Crippen molar-refractivity contribution in [2.45, 2.75) is 59.3 Å². The standard InChI is InChI=1S/C15H8F6.C13H9.C13H21.2ClH.Zr/c16-14(17,18)12-5-1-10(2-6-12)9-11-3-7-13(8-4-11)15(19,20)21;1-3-7-12-10(5-1)9-11-6-2-4-8-13(11)12;1-5-6-7-11-8-9-12(10-11)13(2,3)4;;;/h1-8H;1-9H;9-11H,5-7H2,1-4H3;2*1H;/q;2*-1;;;+2/p-2. The molecule has 1 aliphatic carbocycles. The molecule has 0 fully saturated rings. The van der Waals surface area contributed by atoms with Gasteiger partial charge in [0, 0.05) is 0 Å². The van der Waals surface area contributed by atoms with Crippen molar-refractivity contribution < 1.29 is 75.4 Å². The number of halogens is 8. The van der Waals surface area contributed by atoms with Crippen LogP contribution in [-0.4, -0.2) is 3.21 Å². The molecular weight excluding hydrogens is 769 g/mol. The summed E-state index contributed by atoms with van der Waals surface area (Å²) >= 11 is 0.898. The van der Waals surface area contributed by atoms with Crippen molar-refractivity contribution in [3.63, 3.8) is 0 Å². The number of rotatable bonds is 5. The van der Waals surface area contributed by atoms with Crippen molar-refractivity contribution in [2.75, 3.05) is 0 Å². The van der Waals surface area contributed by atoms with Crippen molar-refractivity contribution in [1.29, 1.82) is 0 Å². The summed E-state index contributed by atoms with van der Waals surface area (Å²) < 4.78 is 75.6. The van der Waals surface area contributed by atoms with Gasteiger partial charge in [-0.15, -0.1) is 39.7 Å². The molecule has 1 aliphatic rings. The maximum Gasteiger partial charge on any atom is -0.0771 e. The van der Waals surface area contributed by atoms with E-state index in [1.807, 2.05) is 0 Å². The van der Waals surface area contributed by atoms with Gasteiger partial charge in [0.25, 0.3) is 0 Å². The quantitative estimate of drug-likeness (QED) is 0.137. The van der Waals surface area contributed by atoms with Gasteiger partial charge in [0.15, 0.2) is 0 Å². The Labute approximate surface area is 318 Å². The Morgan fingerprint density at radius 3 is 1.46 bits per heavy atom. The predicted molar refractivity (Wildman–Crippen MR) is 182 cm³/mol. The first-order valence-corrected chi connectivity index (χ1v) is 17.1. The van der Waals surface area contributed by atoms with E-state index in [0.717, 1.165) is 48.5 Å². The molecule has 0 aliphatic heterocycles. The van der Waals surface area contributed by atoms with E-state index in [1.54, 1.807) is 0 Å². The van der Waals surface area contributed by atoms with E-state index in [-0.39, 0.29) is 24.8 Å². The van der Waals surface area contributed by atoms with Crippen LogP contribution >= 0.6 is 0 Å². The Morgan fingerprint density at radius 2 is 1.10 bits per heavy atom. The zero-order valence-corrected chi connectivity index (χ0v) is 32.2. The van der Waals surface area contributed by atoms with Crippen molar-refractivity contribution in [3.8, 4) is 0 Å². The maximum absolute atomic E-state index is 12.5. The molecule has 1 unspecified atom stereocenters. The van der Waals surface area contributed by atoms with Gasteiger partial charge in [0.2, 0.25) is 0 Å². The molecule has 9 heteroatoms. The minimum atomic E-state index is -4.41. The van der Waals surface area contributed by atoms with Gasteiger partial charge in [-0.25, -0.2) is 6.08 Å². The van der Waals surface area contributed by atoms with E-state index < -0.39 is 23.5 Å². The second kappa shape index (κ2) is 18.6. The molecule has 6 rings (SSSR count). The minimum Gasteiger partial charge on any atom is -1.00 e. The molecule has 0 heterocycles. The van der Waals surface area contributed by atoms with Crippen molar-refractivity contribution in [3.05, 3.63) is 149 Å². The third-order valence-corrected chi connectivity index (χ3v) is 9.51. The van der Waals surface area contributed by atoms with E-state index in [9.17, 15) is 26.3 Å². The molecule has 5 aromatic rings. The molecule has 50 heavy (non-hydrogen) atoms. The second-order valence-corrected chi connectivity index (χ2v) is 14.0. The fourth-order valence-corrected chi connectivity index (χ4v) is 6.11. The number of fused-ring (bicyclic) bond motifs is 3. The van der Waals surface area contributed by atoms with Crippen LogP contribution in [0.25, 0.3) is 21.5 Å². The van der Waals surface area contributed by atoms with E-state index in [0.29, 0.717) is 25.7 Å². The summed E-state index contributed by atoms with van der Waals surface area (Å²) in [6, 6.07) is 28.4. The van der Waals surface area contributed by atoms with Crippen LogP contribution in [0.4, 0.5) is 26.3 Å². The maximum atomic E-state index is 12.5. The smallest absolute Gasteiger partial charge is 0.0771 e. The predicted octanol–water partition coefficient (Wildman–Crippen LogP) is 6.70. The van der Waals surface area contributed by atoms with Crippen molar-refractivity contribution in [1.82, 2.24) is 0 Å². The van der Waals surface area contributed by atoms with Crippen LogP contribution in [0, 0.1) is 17.4 Å². The molecule has 0 N–H and O–H groups in total.